The van der Waals surface area contributed by atoms with Gasteiger partial charge < -0.3 is 14.8 Å². The van der Waals surface area contributed by atoms with E-state index in [1.807, 2.05) is 24.3 Å². The van der Waals surface area contributed by atoms with Crippen LogP contribution < -0.4 is 5.32 Å². The molecule has 1 aromatic heterocycles. The van der Waals surface area contributed by atoms with Gasteiger partial charge in [-0.25, -0.2) is 18.2 Å². The Morgan fingerprint density at radius 1 is 1.06 bits per heavy atom. The zero-order valence-corrected chi connectivity index (χ0v) is 18.9. The average molecular weight is 483 g/mol. The first-order valence-corrected chi connectivity index (χ1v) is 11.9. The molecule has 1 saturated heterocycles. The number of carbonyl (C=O) groups is 2. The van der Waals surface area contributed by atoms with Gasteiger partial charge in [0.25, 0.3) is 5.91 Å². The highest BCUT2D eigenvalue weighted by molar-refractivity contribution is 7.89. The second-order valence-corrected chi connectivity index (χ2v) is 9.25. The Bertz CT molecular complexity index is 1320. The van der Waals surface area contributed by atoms with Crippen LogP contribution >= 0.6 is 0 Å². The first-order chi connectivity index (χ1) is 16.4. The molecule has 34 heavy (non-hydrogen) atoms. The van der Waals surface area contributed by atoms with E-state index in [-0.39, 0.29) is 4.90 Å². The summed E-state index contributed by atoms with van der Waals surface area (Å²) in [5.74, 6) is -1.27. The monoisotopic (exact) mass is 482 g/mol. The molecular weight excluding hydrogens is 460 g/mol. The van der Waals surface area contributed by atoms with E-state index in [4.69, 9.17) is 9.47 Å². The Morgan fingerprint density at radius 2 is 1.76 bits per heavy atom. The molecule has 1 amide bonds. The maximum atomic E-state index is 12.6. The van der Waals surface area contributed by atoms with E-state index in [9.17, 15) is 18.0 Å². The summed E-state index contributed by atoms with van der Waals surface area (Å²) in [7, 11) is -3.62. The minimum absolute atomic E-state index is 0.126. The maximum absolute atomic E-state index is 12.6. The number of hydrogen-bond acceptors (Lipinski definition) is 8. The minimum atomic E-state index is -3.62. The molecule has 10 nitrogen and oxygen atoms in total. The Balaban J connectivity index is 1.27. The van der Waals surface area contributed by atoms with Crippen molar-refractivity contribution in [3.05, 3.63) is 66.5 Å². The van der Waals surface area contributed by atoms with Crippen LogP contribution in [-0.4, -0.2) is 67.5 Å². The smallest absolute Gasteiger partial charge is 0.331 e. The first kappa shape index (κ1) is 23.5. The molecule has 0 aliphatic carbocycles. The number of benzene rings is 2. The SMILES string of the molecule is O=C(COC(=O)C=Cc1cnc2ccccc2n1)Nc1ccc(S(=O)(=O)N2CCOCC2)cc1. The van der Waals surface area contributed by atoms with Gasteiger partial charge in [-0.2, -0.15) is 4.31 Å². The molecule has 176 valence electrons. The molecule has 1 aliphatic heterocycles. The Hall–Kier alpha value is -3.67. The molecule has 2 aromatic carbocycles. The number of amides is 1. The summed E-state index contributed by atoms with van der Waals surface area (Å²) < 4.78 is 36.8. The number of carbonyl (C=O) groups excluding carboxylic acids is 2. The van der Waals surface area contributed by atoms with Crippen molar-refractivity contribution in [1.82, 2.24) is 14.3 Å². The lowest BCUT2D eigenvalue weighted by atomic mass is 10.3. The van der Waals surface area contributed by atoms with Gasteiger partial charge in [-0.05, 0) is 42.5 Å². The zero-order valence-electron chi connectivity index (χ0n) is 18.1. The highest BCUT2D eigenvalue weighted by Gasteiger charge is 2.26. The number of hydrogen-bond donors (Lipinski definition) is 1. The van der Waals surface area contributed by atoms with Gasteiger partial charge >= 0.3 is 5.97 Å². The number of nitrogens with zero attached hydrogens (tertiary/aromatic N) is 3. The van der Waals surface area contributed by atoms with Crippen LogP contribution in [0.2, 0.25) is 0 Å². The van der Waals surface area contributed by atoms with Crippen molar-refractivity contribution in [1.29, 1.82) is 0 Å². The number of anilines is 1. The number of nitrogens with one attached hydrogen (secondary N) is 1. The predicted molar refractivity (Wildman–Crippen MR) is 124 cm³/mol. The van der Waals surface area contributed by atoms with Gasteiger partial charge in [0, 0.05) is 24.9 Å². The number of ether oxygens (including phenoxy) is 2. The normalized spacial score (nSPS) is 14.8. The molecule has 0 bridgehead atoms. The second kappa shape index (κ2) is 10.5. The summed E-state index contributed by atoms with van der Waals surface area (Å²) in [5.41, 5.74) is 2.29. The molecule has 4 rings (SSSR count). The van der Waals surface area contributed by atoms with Crippen molar-refractivity contribution >= 4 is 44.7 Å². The highest BCUT2D eigenvalue weighted by atomic mass is 32.2. The first-order valence-electron chi connectivity index (χ1n) is 10.5. The van der Waals surface area contributed by atoms with E-state index >= 15 is 0 Å². The maximum Gasteiger partial charge on any atom is 0.331 e. The van der Waals surface area contributed by atoms with Crippen LogP contribution in [0.3, 0.4) is 0 Å². The fourth-order valence-electron chi connectivity index (χ4n) is 3.23. The Labute approximate surface area is 196 Å². The lowest BCUT2D eigenvalue weighted by Gasteiger charge is -2.26. The van der Waals surface area contributed by atoms with Gasteiger partial charge in [0.15, 0.2) is 6.61 Å². The number of rotatable bonds is 7. The zero-order chi connectivity index (χ0) is 24.0. The lowest BCUT2D eigenvalue weighted by Crippen LogP contribution is -2.40. The number of esters is 1. The van der Waals surface area contributed by atoms with Crippen molar-refractivity contribution < 1.29 is 27.5 Å². The summed E-state index contributed by atoms with van der Waals surface area (Å²) in [6.45, 7) is 0.816. The van der Waals surface area contributed by atoms with Crippen molar-refractivity contribution in [2.45, 2.75) is 4.90 Å². The van der Waals surface area contributed by atoms with Crippen molar-refractivity contribution in [2.75, 3.05) is 38.2 Å². The van der Waals surface area contributed by atoms with Crippen LogP contribution in [0.15, 0.2) is 65.7 Å². The number of aromatic nitrogens is 2. The summed E-state index contributed by atoms with van der Waals surface area (Å²) in [6, 6.07) is 13.1. The third-order valence-electron chi connectivity index (χ3n) is 4.95. The van der Waals surface area contributed by atoms with E-state index < -0.39 is 28.5 Å². The van der Waals surface area contributed by atoms with Gasteiger partial charge in [0.05, 0.1) is 41.0 Å². The van der Waals surface area contributed by atoms with E-state index in [0.29, 0.717) is 43.2 Å². The number of morpholine rings is 1. The fraction of sp³-hybridized carbons (Fsp3) is 0.217. The third kappa shape index (κ3) is 5.81. The van der Waals surface area contributed by atoms with E-state index in [1.54, 1.807) is 0 Å². The topological polar surface area (TPSA) is 128 Å². The molecular formula is C23H22N4O6S. The van der Waals surface area contributed by atoms with Crippen LogP contribution in [-0.2, 0) is 29.1 Å². The van der Waals surface area contributed by atoms with Crippen molar-refractivity contribution in [3.8, 4) is 0 Å². The van der Waals surface area contributed by atoms with Crippen molar-refractivity contribution in [2.24, 2.45) is 0 Å². The molecule has 0 saturated carbocycles. The molecule has 1 aliphatic rings. The van der Waals surface area contributed by atoms with Gasteiger partial charge in [-0.15, -0.1) is 0 Å². The summed E-state index contributed by atoms with van der Waals surface area (Å²) >= 11 is 0. The van der Waals surface area contributed by atoms with Crippen LogP contribution in [0.5, 0.6) is 0 Å². The Kier molecular flexibility index (Phi) is 7.26. The lowest BCUT2D eigenvalue weighted by molar-refractivity contribution is -0.142. The Morgan fingerprint density at radius 3 is 2.50 bits per heavy atom. The van der Waals surface area contributed by atoms with Crippen LogP contribution in [0.25, 0.3) is 17.1 Å². The minimum Gasteiger partial charge on any atom is -0.452 e. The van der Waals surface area contributed by atoms with Gasteiger partial charge in [0.2, 0.25) is 10.0 Å². The molecule has 11 heteroatoms. The third-order valence-corrected chi connectivity index (χ3v) is 6.86. The van der Waals surface area contributed by atoms with Crippen LogP contribution in [0.1, 0.15) is 5.69 Å². The number of sulfonamides is 1. The molecule has 0 spiro atoms. The standard InChI is InChI=1S/C23H22N4O6S/c28-22(16-33-23(29)10-7-18-15-24-20-3-1-2-4-21(20)25-18)26-17-5-8-19(9-6-17)34(30,31)27-11-13-32-14-12-27/h1-10,15H,11-14,16H2,(H,26,28). The largest absolute Gasteiger partial charge is 0.452 e. The van der Waals surface area contributed by atoms with Gasteiger partial charge in [-0.1, -0.05) is 12.1 Å². The van der Waals surface area contributed by atoms with Crippen LogP contribution in [0, 0.1) is 0 Å². The molecule has 0 unspecified atom stereocenters. The van der Waals surface area contributed by atoms with Gasteiger partial charge in [0.1, 0.15) is 0 Å². The second-order valence-electron chi connectivity index (χ2n) is 7.31. The van der Waals surface area contributed by atoms with Gasteiger partial charge in [-0.3, -0.25) is 9.78 Å². The predicted octanol–water partition coefficient (Wildman–Crippen LogP) is 1.85. The molecule has 1 N–H and O–H groups in total. The fourth-order valence-corrected chi connectivity index (χ4v) is 4.64. The molecule has 3 aromatic rings. The van der Waals surface area contributed by atoms with E-state index in [0.717, 1.165) is 11.6 Å². The molecule has 0 radical (unpaired) electrons. The van der Waals surface area contributed by atoms with E-state index in [2.05, 4.69) is 15.3 Å². The number of fused-ring (bicyclic) bond motifs is 1. The van der Waals surface area contributed by atoms with Crippen molar-refractivity contribution in [3.63, 3.8) is 0 Å². The quantitative estimate of drug-likeness (QED) is 0.399. The average Bonchev–Trinajstić information content (AvgIpc) is 2.87. The van der Waals surface area contributed by atoms with E-state index in [1.165, 1.54) is 40.8 Å². The number of para-hydroxylation sites is 2. The summed E-state index contributed by atoms with van der Waals surface area (Å²) in [6.07, 6.45) is 4.15. The van der Waals surface area contributed by atoms with Crippen LogP contribution in [0.4, 0.5) is 5.69 Å². The molecule has 2 heterocycles. The molecule has 1 fully saturated rings. The highest BCUT2D eigenvalue weighted by Crippen LogP contribution is 2.19. The molecule has 0 atom stereocenters. The summed E-state index contributed by atoms with van der Waals surface area (Å²) in [5, 5.41) is 2.56. The summed E-state index contributed by atoms with van der Waals surface area (Å²) in [4.78, 5) is 32.8.